The fourth-order valence-corrected chi connectivity index (χ4v) is 2.42. The molecule has 0 heterocycles. The van der Waals surface area contributed by atoms with Crippen molar-refractivity contribution >= 4 is 17.5 Å². The number of hydrogen-bond acceptors (Lipinski definition) is 3. The molecule has 0 unspecified atom stereocenters. The highest BCUT2D eigenvalue weighted by Gasteiger charge is 2.33. The number of rotatable bonds is 7. The highest BCUT2D eigenvalue weighted by atomic mass is 19.4. The van der Waals surface area contributed by atoms with Gasteiger partial charge in [-0.2, -0.15) is 13.2 Å². The van der Waals surface area contributed by atoms with Crippen molar-refractivity contribution in [3.63, 3.8) is 0 Å². The molecule has 144 valence electrons. The zero-order valence-corrected chi connectivity index (χ0v) is 14.6. The van der Waals surface area contributed by atoms with E-state index in [1.807, 2.05) is 18.2 Å². The molecule has 2 aromatic carbocycles. The first-order valence-corrected chi connectivity index (χ1v) is 8.15. The minimum atomic E-state index is -4.59. The molecule has 2 aromatic rings. The Morgan fingerprint density at radius 1 is 1.04 bits per heavy atom. The third kappa shape index (κ3) is 6.32. The second-order valence-corrected chi connectivity index (χ2v) is 5.72. The quantitative estimate of drug-likeness (QED) is 0.724. The van der Waals surface area contributed by atoms with E-state index in [2.05, 4.69) is 10.6 Å². The molecule has 0 aliphatic rings. The summed E-state index contributed by atoms with van der Waals surface area (Å²) in [6, 6.07) is 11.9. The van der Waals surface area contributed by atoms with E-state index in [1.54, 1.807) is 13.2 Å². The van der Waals surface area contributed by atoms with Crippen LogP contribution < -0.4 is 15.4 Å². The zero-order chi connectivity index (χ0) is 19.9. The van der Waals surface area contributed by atoms with Crippen LogP contribution in [0.1, 0.15) is 17.5 Å². The predicted octanol–water partition coefficient (Wildman–Crippen LogP) is 3.40. The van der Waals surface area contributed by atoms with Crippen LogP contribution in [-0.4, -0.2) is 25.5 Å². The second kappa shape index (κ2) is 9.07. The zero-order valence-electron chi connectivity index (χ0n) is 14.6. The summed E-state index contributed by atoms with van der Waals surface area (Å²) in [7, 11) is 1.55. The summed E-state index contributed by atoms with van der Waals surface area (Å²) < 4.78 is 43.8. The van der Waals surface area contributed by atoms with Crippen LogP contribution >= 0.6 is 0 Å². The first-order chi connectivity index (χ1) is 12.8. The molecular formula is C19H19F3N2O3. The molecule has 0 aliphatic heterocycles. The molecule has 2 N–H and O–H groups in total. The molecule has 2 amide bonds. The first-order valence-electron chi connectivity index (χ1n) is 8.15. The molecule has 0 aliphatic carbocycles. The third-order valence-corrected chi connectivity index (χ3v) is 3.70. The Balaban J connectivity index is 1.83. The number of nitrogens with one attached hydrogen (secondary N) is 2. The van der Waals surface area contributed by atoms with Crippen molar-refractivity contribution in [3.05, 3.63) is 59.7 Å². The molecule has 27 heavy (non-hydrogen) atoms. The van der Waals surface area contributed by atoms with Crippen molar-refractivity contribution in [2.45, 2.75) is 19.0 Å². The van der Waals surface area contributed by atoms with Gasteiger partial charge in [-0.15, -0.1) is 0 Å². The topological polar surface area (TPSA) is 67.4 Å². The van der Waals surface area contributed by atoms with Crippen LogP contribution in [0.15, 0.2) is 48.5 Å². The number of hydrogen-bond donors (Lipinski definition) is 2. The van der Waals surface area contributed by atoms with Crippen LogP contribution in [0.4, 0.5) is 18.9 Å². The van der Waals surface area contributed by atoms with Crippen LogP contribution in [0.3, 0.4) is 0 Å². The molecule has 8 heteroatoms. The van der Waals surface area contributed by atoms with E-state index in [9.17, 15) is 22.8 Å². The number of benzene rings is 2. The third-order valence-electron chi connectivity index (χ3n) is 3.70. The lowest BCUT2D eigenvalue weighted by Crippen LogP contribution is -2.30. The lowest BCUT2D eigenvalue weighted by atomic mass is 10.1. The van der Waals surface area contributed by atoms with Crippen LogP contribution in [0, 0.1) is 0 Å². The van der Waals surface area contributed by atoms with Gasteiger partial charge in [0.2, 0.25) is 11.8 Å². The monoisotopic (exact) mass is 380 g/mol. The molecule has 0 spiro atoms. The summed E-state index contributed by atoms with van der Waals surface area (Å²) in [5, 5.41) is 4.70. The summed E-state index contributed by atoms with van der Waals surface area (Å²) in [5.41, 5.74) is -0.394. The molecule has 0 fully saturated rings. The Morgan fingerprint density at radius 2 is 1.78 bits per heavy atom. The Labute approximate surface area is 154 Å². The average molecular weight is 380 g/mol. The summed E-state index contributed by atoms with van der Waals surface area (Å²) >= 11 is 0. The van der Waals surface area contributed by atoms with Crippen molar-refractivity contribution in [1.82, 2.24) is 5.32 Å². The first kappa shape index (κ1) is 20.3. The molecule has 5 nitrogen and oxygen atoms in total. The minimum absolute atomic E-state index is 0.290. The molecule has 0 aromatic heterocycles. The van der Waals surface area contributed by atoms with Gasteiger partial charge in [-0.3, -0.25) is 9.59 Å². The number of amides is 2. The maximum absolute atomic E-state index is 12.9. The fourth-order valence-electron chi connectivity index (χ4n) is 2.42. The Morgan fingerprint density at radius 3 is 2.48 bits per heavy atom. The van der Waals surface area contributed by atoms with E-state index in [4.69, 9.17) is 4.74 Å². The van der Waals surface area contributed by atoms with Crippen molar-refractivity contribution in [1.29, 1.82) is 0 Å². The van der Waals surface area contributed by atoms with Crippen LogP contribution in [0.5, 0.6) is 5.75 Å². The van der Waals surface area contributed by atoms with Gasteiger partial charge in [0.1, 0.15) is 12.2 Å². The maximum atomic E-state index is 12.9. The minimum Gasteiger partial charge on any atom is -0.497 e. The number of ether oxygens (including phenoxy) is 1. The highest BCUT2D eigenvalue weighted by Crippen LogP contribution is 2.34. The Bertz CT molecular complexity index is 807. The molecule has 0 saturated carbocycles. The summed E-state index contributed by atoms with van der Waals surface area (Å²) in [5.74, 6) is -0.688. The summed E-state index contributed by atoms with van der Waals surface area (Å²) in [6.07, 6.45) is -4.63. The fraction of sp³-hybridized carbons (Fsp3) is 0.263. The second-order valence-electron chi connectivity index (χ2n) is 5.72. The number of carbonyl (C=O) groups is 2. The van der Waals surface area contributed by atoms with Gasteiger partial charge in [-0.05, 0) is 36.2 Å². The van der Waals surface area contributed by atoms with Gasteiger partial charge in [0.15, 0.2) is 0 Å². The van der Waals surface area contributed by atoms with Gasteiger partial charge in [0.25, 0.3) is 0 Å². The number of anilines is 1. The Kier molecular flexibility index (Phi) is 6.81. The van der Waals surface area contributed by atoms with Crippen LogP contribution in [-0.2, 0) is 22.2 Å². The molecule has 0 atom stereocenters. The van der Waals surface area contributed by atoms with E-state index in [0.29, 0.717) is 18.7 Å². The molecular weight excluding hydrogens is 361 g/mol. The smallest absolute Gasteiger partial charge is 0.418 e. The van der Waals surface area contributed by atoms with E-state index in [-0.39, 0.29) is 5.69 Å². The molecule has 0 bridgehead atoms. The standard InChI is InChI=1S/C19H19F3N2O3/c1-27-14-6-4-5-13(11-14)9-10-23-17(25)12-18(26)24-16-8-3-2-7-15(16)19(20,21)22/h2-8,11H,9-10,12H2,1H3,(H,23,25)(H,24,26). The van der Waals surface area contributed by atoms with Crippen LogP contribution in [0.25, 0.3) is 0 Å². The highest BCUT2D eigenvalue weighted by molar-refractivity contribution is 6.03. The van der Waals surface area contributed by atoms with Gasteiger partial charge in [0.05, 0.1) is 18.4 Å². The van der Waals surface area contributed by atoms with E-state index in [0.717, 1.165) is 17.7 Å². The maximum Gasteiger partial charge on any atom is 0.418 e. The van der Waals surface area contributed by atoms with Gasteiger partial charge in [-0.1, -0.05) is 24.3 Å². The van der Waals surface area contributed by atoms with Gasteiger partial charge in [0, 0.05) is 6.54 Å². The van der Waals surface area contributed by atoms with Gasteiger partial charge >= 0.3 is 6.18 Å². The van der Waals surface area contributed by atoms with Crippen molar-refractivity contribution in [2.24, 2.45) is 0 Å². The molecule has 2 rings (SSSR count). The largest absolute Gasteiger partial charge is 0.497 e. The number of halogens is 3. The normalized spacial score (nSPS) is 11.0. The predicted molar refractivity (Wildman–Crippen MR) is 94.4 cm³/mol. The lowest BCUT2D eigenvalue weighted by Gasteiger charge is -2.13. The Hall–Kier alpha value is -3.03. The summed E-state index contributed by atoms with van der Waals surface area (Å²) in [6.45, 7) is 0.290. The van der Waals surface area contributed by atoms with Crippen molar-refractivity contribution in [3.8, 4) is 5.75 Å². The number of alkyl halides is 3. The van der Waals surface area contributed by atoms with E-state index >= 15 is 0 Å². The number of carbonyl (C=O) groups excluding carboxylic acids is 2. The van der Waals surface area contributed by atoms with E-state index < -0.39 is 30.0 Å². The lowest BCUT2D eigenvalue weighted by molar-refractivity contribution is -0.137. The van der Waals surface area contributed by atoms with Crippen LogP contribution in [0.2, 0.25) is 0 Å². The van der Waals surface area contributed by atoms with E-state index in [1.165, 1.54) is 12.1 Å². The summed E-state index contributed by atoms with van der Waals surface area (Å²) in [4.78, 5) is 23.7. The molecule has 0 radical (unpaired) electrons. The van der Waals surface area contributed by atoms with Gasteiger partial charge in [-0.25, -0.2) is 0 Å². The SMILES string of the molecule is COc1cccc(CCNC(=O)CC(=O)Nc2ccccc2C(F)(F)F)c1. The average Bonchev–Trinajstić information content (AvgIpc) is 2.61. The molecule has 0 saturated heterocycles. The van der Waals surface area contributed by atoms with Crippen molar-refractivity contribution in [2.75, 3.05) is 19.0 Å². The number of para-hydroxylation sites is 1. The van der Waals surface area contributed by atoms with Crippen molar-refractivity contribution < 1.29 is 27.5 Å². The number of methoxy groups -OCH3 is 1. The van der Waals surface area contributed by atoms with Gasteiger partial charge < -0.3 is 15.4 Å².